The Balaban J connectivity index is 1.35. The summed E-state index contributed by atoms with van der Waals surface area (Å²) in [6, 6.07) is 7.12. The number of hydrogen-bond acceptors (Lipinski definition) is 1. The van der Waals surface area contributed by atoms with E-state index in [0.717, 1.165) is 41.7 Å². The summed E-state index contributed by atoms with van der Waals surface area (Å²) < 4.78 is 13.6. The first-order valence-electron chi connectivity index (χ1n) is 8.23. The second kappa shape index (κ2) is 5.14. The third-order valence-electron chi connectivity index (χ3n) is 6.08. The first kappa shape index (κ1) is 12.8. The highest BCUT2D eigenvalue weighted by atomic mass is 19.1. The molecule has 0 aliphatic heterocycles. The van der Waals surface area contributed by atoms with E-state index in [1.165, 1.54) is 32.1 Å². The molecule has 4 aliphatic carbocycles. The Morgan fingerprint density at radius 3 is 2.25 bits per heavy atom. The van der Waals surface area contributed by atoms with E-state index in [1.807, 2.05) is 12.1 Å². The lowest BCUT2D eigenvalue weighted by atomic mass is 9.52. The lowest BCUT2D eigenvalue weighted by Crippen LogP contribution is -2.48. The van der Waals surface area contributed by atoms with Crippen LogP contribution in [0.3, 0.4) is 0 Å². The number of nitrogens with one attached hydrogen (secondary N) is 1. The van der Waals surface area contributed by atoms with Crippen molar-refractivity contribution in [2.24, 2.45) is 29.6 Å². The van der Waals surface area contributed by atoms with Crippen molar-refractivity contribution in [3.05, 3.63) is 35.6 Å². The van der Waals surface area contributed by atoms with Gasteiger partial charge in [-0.2, -0.15) is 0 Å². The number of rotatable bonds is 4. The van der Waals surface area contributed by atoms with Crippen LogP contribution in [0.4, 0.5) is 4.39 Å². The highest BCUT2D eigenvalue weighted by Gasteiger charge is 2.47. The molecule has 1 N–H and O–H groups in total. The van der Waals surface area contributed by atoms with Crippen molar-refractivity contribution in [2.45, 2.75) is 38.6 Å². The van der Waals surface area contributed by atoms with Crippen molar-refractivity contribution in [1.29, 1.82) is 0 Å². The molecule has 1 aromatic rings. The van der Waals surface area contributed by atoms with Crippen LogP contribution in [0, 0.1) is 35.4 Å². The molecular formula is C18H24FN. The highest BCUT2D eigenvalue weighted by Crippen LogP contribution is 2.56. The van der Waals surface area contributed by atoms with Crippen molar-refractivity contribution in [3.63, 3.8) is 0 Å². The molecule has 5 rings (SSSR count). The minimum absolute atomic E-state index is 0.0786. The molecule has 4 fully saturated rings. The molecule has 0 heterocycles. The van der Waals surface area contributed by atoms with Gasteiger partial charge in [0.25, 0.3) is 0 Å². The quantitative estimate of drug-likeness (QED) is 0.874. The molecule has 0 amide bonds. The molecule has 0 aromatic heterocycles. The fraction of sp³-hybridized carbons (Fsp3) is 0.667. The summed E-state index contributed by atoms with van der Waals surface area (Å²) in [4.78, 5) is 0. The molecule has 2 heteroatoms. The van der Waals surface area contributed by atoms with E-state index in [0.29, 0.717) is 6.54 Å². The maximum Gasteiger partial charge on any atom is 0.127 e. The van der Waals surface area contributed by atoms with E-state index in [-0.39, 0.29) is 5.82 Å². The summed E-state index contributed by atoms with van der Waals surface area (Å²) in [7, 11) is 0. The van der Waals surface area contributed by atoms with Crippen molar-refractivity contribution < 1.29 is 4.39 Å². The summed E-state index contributed by atoms with van der Waals surface area (Å²) in [6.07, 6.45) is 7.40. The molecule has 1 nitrogen and oxygen atoms in total. The van der Waals surface area contributed by atoms with Gasteiger partial charge in [0, 0.05) is 12.1 Å². The second-order valence-corrected chi connectivity index (χ2v) is 7.32. The lowest BCUT2D eigenvalue weighted by molar-refractivity contribution is -0.0355. The van der Waals surface area contributed by atoms with Crippen LogP contribution in [0.1, 0.15) is 37.7 Å². The van der Waals surface area contributed by atoms with Gasteiger partial charge in [-0.1, -0.05) is 18.2 Å². The topological polar surface area (TPSA) is 12.0 Å². The molecule has 0 radical (unpaired) electrons. The van der Waals surface area contributed by atoms with Gasteiger partial charge >= 0.3 is 0 Å². The Hall–Kier alpha value is -0.890. The molecule has 20 heavy (non-hydrogen) atoms. The second-order valence-electron chi connectivity index (χ2n) is 7.32. The van der Waals surface area contributed by atoms with Gasteiger partial charge in [-0.25, -0.2) is 4.39 Å². The standard InChI is InChI=1S/C18H24FN/c19-18-4-2-1-3-14(18)10-20-11-17-15-6-12-5-13(8-15)9-16(17)7-12/h1-4,12-13,15-17,20H,5-11H2. The number of benzene rings is 1. The summed E-state index contributed by atoms with van der Waals surface area (Å²) in [5.41, 5.74) is 0.802. The lowest BCUT2D eigenvalue weighted by Gasteiger charge is -2.54. The molecule has 0 spiro atoms. The van der Waals surface area contributed by atoms with Gasteiger partial charge in [0.2, 0.25) is 0 Å². The minimum Gasteiger partial charge on any atom is -0.312 e. The predicted molar refractivity (Wildman–Crippen MR) is 78.6 cm³/mol. The van der Waals surface area contributed by atoms with Crippen LogP contribution >= 0.6 is 0 Å². The fourth-order valence-electron chi connectivity index (χ4n) is 5.39. The number of hydrogen-bond donors (Lipinski definition) is 1. The third-order valence-corrected chi connectivity index (χ3v) is 6.08. The van der Waals surface area contributed by atoms with Crippen LogP contribution in [0.2, 0.25) is 0 Å². The van der Waals surface area contributed by atoms with Gasteiger partial charge in [-0.05, 0) is 74.3 Å². The monoisotopic (exact) mass is 273 g/mol. The highest BCUT2D eigenvalue weighted by molar-refractivity contribution is 5.17. The molecule has 0 atom stereocenters. The van der Waals surface area contributed by atoms with Crippen molar-refractivity contribution in [1.82, 2.24) is 5.32 Å². The van der Waals surface area contributed by atoms with Gasteiger partial charge in [0.05, 0.1) is 0 Å². The first-order valence-corrected chi connectivity index (χ1v) is 8.23. The van der Waals surface area contributed by atoms with Crippen molar-refractivity contribution >= 4 is 0 Å². The van der Waals surface area contributed by atoms with E-state index in [9.17, 15) is 4.39 Å². The molecular weight excluding hydrogens is 249 g/mol. The Morgan fingerprint density at radius 1 is 0.950 bits per heavy atom. The Labute approximate surface area is 121 Å². The van der Waals surface area contributed by atoms with Gasteiger partial charge in [-0.15, -0.1) is 0 Å². The normalized spacial score (nSPS) is 38.4. The number of halogens is 1. The zero-order chi connectivity index (χ0) is 13.5. The van der Waals surface area contributed by atoms with Crippen molar-refractivity contribution in [2.75, 3.05) is 6.54 Å². The average Bonchev–Trinajstić information content (AvgIpc) is 2.43. The van der Waals surface area contributed by atoms with Crippen LogP contribution in [0.25, 0.3) is 0 Å². The van der Waals surface area contributed by atoms with Crippen LogP contribution in [0.15, 0.2) is 24.3 Å². The molecule has 108 valence electrons. The van der Waals surface area contributed by atoms with E-state index in [2.05, 4.69) is 5.32 Å². The van der Waals surface area contributed by atoms with E-state index >= 15 is 0 Å². The average molecular weight is 273 g/mol. The van der Waals surface area contributed by atoms with Crippen molar-refractivity contribution in [3.8, 4) is 0 Å². The van der Waals surface area contributed by atoms with Gasteiger partial charge < -0.3 is 5.32 Å². The Kier molecular flexibility index (Phi) is 3.30. The SMILES string of the molecule is Fc1ccccc1CNCC1C2CC3CC(C2)CC1C3. The summed E-state index contributed by atoms with van der Waals surface area (Å²) in [6.45, 7) is 1.76. The molecule has 1 aromatic carbocycles. The van der Waals surface area contributed by atoms with Crippen LogP contribution in [-0.2, 0) is 6.54 Å². The summed E-state index contributed by atoms with van der Waals surface area (Å²) >= 11 is 0. The molecule has 4 saturated carbocycles. The molecule has 4 bridgehead atoms. The fourth-order valence-corrected chi connectivity index (χ4v) is 5.39. The zero-order valence-corrected chi connectivity index (χ0v) is 12.0. The van der Waals surface area contributed by atoms with Gasteiger partial charge in [0.15, 0.2) is 0 Å². The summed E-state index contributed by atoms with van der Waals surface area (Å²) in [5.74, 6) is 4.78. The van der Waals surface area contributed by atoms with Crippen LogP contribution in [0.5, 0.6) is 0 Å². The minimum atomic E-state index is -0.0786. The van der Waals surface area contributed by atoms with Crippen LogP contribution < -0.4 is 5.32 Å². The van der Waals surface area contributed by atoms with Gasteiger partial charge in [-0.3, -0.25) is 0 Å². The first-order chi connectivity index (χ1) is 9.79. The van der Waals surface area contributed by atoms with E-state index in [4.69, 9.17) is 0 Å². The van der Waals surface area contributed by atoms with Gasteiger partial charge in [0.1, 0.15) is 5.82 Å². The van der Waals surface area contributed by atoms with Crippen LogP contribution in [-0.4, -0.2) is 6.54 Å². The third kappa shape index (κ3) is 2.28. The van der Waals surface area contributed by atoms with E-state index in [1.54, 1.807) is 12.1 Å². The van der Waals surface area contributed by atoms with E-state index < -0.39 is 0 Å². The predicted octanol–water partition coefficient (Wildman–Crippen LogP) is 3.99. The largest absolute Gasteiger partial charge is 0.312 e. The maximum atomic E-state index is 13.6. The molecule has 0 unspecified atom stereocenters. The smallest absolute Gasteiger partial charge is 0.127 e. The zero-order valence-electron chi connectivity index (χ0n) is 12.0. The Bertz CT molecular complexity index is 456. The Morgan fingerprint density at radius 2 is 1.60 bits per heavy atom. The maximum absolute atomic E-state index is 13.6. The molecule has 4 aliphatic rings. The molecule has 0 saturated heterocycles. The summed E-state index contributed by atoms with van der Waals surface area (Å²) in [5, 5.41) is 3.53.